The Morgan fingerprint density at radius 3 is 2.79 bits per heavy atom. The van der Waals surface area contributed by atoms with E-state index in [1.807, 2.05) is 22.6 Å². The molecule has 0 spiro atoms. The van der Waals surface area contributed by atoms with E-state index >= 15 is 0 Å². The SMILES string of the molecule is CCSc1ccccc1NCc1cnn(C(C)C)c1. The molecule has 0 aliphatic carbocycles. The van der Waals surface area contributed by atoms with E-state index in [0.717, 1.165) is 12.3 Å². The third-order valence-corrected chi connectivity index (χ3v) is 3.81. The first-order chi connectivity index (χ1) is 9.20. The lowest BCUT2D eigenvalue weighted by Gasteiger charge is -2.10. The van der Waals surface area contributed by atoms with E-state index in [4.69, 9.17) is 0 Å². The Labute approximate surface area is 119 Å². The summed E-state index contributed by atoms with van der Waals surface area (Å²) in [7, 11) is 0. The van der Waals surface area contributed by atoms with E-state index in [0.29, 0.717) is 6.04 Å². The number of para-hydroxylation sites is 1. The van der Waals surface area contributed by atoms with Crippen molar-refractivity contribution in [3.8, 4) is 0 Å². The fourth-order valence-corrected chi connectivity index (χ4v) is 2.62. The molecule has 4 heteroatoms. The molecule has 0 atom stereocenters. The van der Waals surface area contributed by atoms with Crippen LogP contribution in [-0.4, -0.2) is 15.5 Å². The van der Waals surface area contributed by atoms with Gasteiger partial charge in [-0.25, -0.2) is 0 Å². The Balaban J connectivity index is 2.01. The van der Waals surface area contributed by atoms with E-state index in [1.165, 1.54) is 16.1 Å². The summed E-state index contributed by atoms with van der Waals surface area (Å²) in [6.07, 6.45) is 4.04. The van der Waals surface area contributed by atoms with Crippen molar-refractivity contribution >= 4 is 17.4 Å². The predicted octanol–water partition coefficient (Wildman–Crippen LogP) is 4.19. The molecule has 0 saturated heterocycles. The average Bonchev–Trinajstić information content (AvgIpc) is 2.87. The third-order valence-electron chi connectivity index (χ3n) is 2.85. The second-order valence-corrected chi connectivity index (χ2v) is 6.01. The maximum atomic E-state index is 4.36. The molecule has 2 rings (SSSR count). The van der Waals surface area contributed by atoms with Crippen LogP contribution in [-0.2, 0) is 6.54 Å². The fraction of sp³-hybridized carbons (Fsp3) is 0.400. The van der Waals surface area contributed by atoms with Crippen molar-refractivity contribution in [1.29, 1.82) is 0 Å². The van der Waals surface area contributed by atoms with Gasteiger partial charge in [-0.2, -0.15) is 5.10 Å². The molecule has 0 unspecified atom stereocenters. The zero-order valence-electron chi connectivity index (χ0n) is 11.8. The van der Waals surface area contributed by atoms with Gasteiger partial charge in [0.05, 0.1) is 6.20 Å². The van der Waals surface area contributed by atoms with Gasteiger partial charge in [-0.3, -0.25) is 4.68 Å². The lowest BCUT2D eigenvalue weighted by atomic mass is 10.3. The number of benzene rings is 1. The van der Waals surface area contributed by atoms with Gasteiger partial charge < -0.3 is 5.32 Å². The van der Waals surface area contributed by atoms with Crippen molar-refractivity contribution in [3.05, 3.63) is 42.2 Å². The van der Waals surface area contributed by atoms with Gasteiger partial charge in [0, 0.05) is 34.9 Å². The summed E-state index contributed by atoms with van der Waals surface area (Å²) in [6.45, 7) is 7.26. The molecule has 0 aliphatic heterocycles. The normalized spacial score (nSPS) is 10.9. The topological polar surface area (TPSA) is 29.9 Å². The highest BCUT2D eigenvalue weighted by atomic mass is 32.2. The Morgan fingerprint density at radius 1 is 1.32 bits per heavy atom. The molecule has 1 N–H and O–H groups in total. The van der Waals surface area contributed by atoms with Crippen molar-refractivity contribution in [3.63, 3.8) is 0 Å². The van der Waals surface area contributed by atoms with Crippen molar-refractivity contribution in [2.45, 2.75) is 38.3 Å². The zero-order valence-corrected chi connectivity index (χ0v) is 12.6. The smallest absolute Gasteiger partial charge is 0.0539 e. The van der Waals surface area contributed by atoms with Crippen LogP contribution in [0.15, 0.2) is 41.6 Å². The molecular formula is C15H21N3S. The molecule has 0 amide bonds. The van der Waals surface area contributed by atoms with Gasteiger partial charge in [-0.1, -0.05) is 19.1 Å². The van der Waals surface area contributed by atoms with Crippen molar-refractivity contribution in [2.75, 3.05) is 11.1 Å². The van der Waals surface area contributed by atoms with Gasteiger partial charge in [-0.05, 0) is 31.7 Å². The molecule has 0 fully saturated rings. The molecule has 0 aliphatic rings. The standard InChI is InChI=1S/C15H21N3S/c1-4-19-15-8-6-5-7-14(15)16-9-13-10-17-18(11-13)12(2)3/h5-8,10-12,16H,4,9H2,1-3H3. The molecule has 102 valence electrons. The predicted molar refractivity (Wildman–Crippen MR) is 82.8 cm³/mol. The number of hydrogen-bond donors (Lipinski definition) is 1. The number of nitrogens with one attached hydrogen (secondary N) is 1. The highest BCUT2D eigenvalue weighted by Gasteiger charge is 2.04. The number of aromatic nitrogens is 2. The molecule has 1 aromatic carbocycles. The maximum Gasteiger partial charge on any atom is 0.0539 e. The minimum Gasteiger partial charge on any atom is -0.380 e. The van der Waals surface area contributed by atoms with E-state index in [2.05, 4.69) is 61.6 Å². The van der Waals surface area contributed by atoms with Crippen molar-refractivity contribution < 1.29 is 0 Å². The number of anilines is 1. The molecule has 1 aromatic heterocycles. The largest absolute Gasteiger partial charge is 0.380 e. The molecule has 2 aromatic rings. The minimum atomic E-state index is 0.414. The van der Waals surface area contributed by atoms with Gasteiger partial charge in [0.25, 0.3) is 0 Å². The second kappa shape index (κ2) is 6.66. The quantitative estimate of drug-likeness (QED) is 0.802. The van der Waals surface area contributed by atoms with Crippen LogP contribution in [0.4, 0.5) is 5.69 Å². The fourth-order valence-electron chi connectivity index (χ4n) is 1.84. The molecule has 3 nitrogen and oxygen atoms in total. The molecular weight excluding hydrogens is 254 g/mol. The molecule has 0 radical (unpaired) electrons. The summed E-state index contributed by atoms with van der Waals surface area (Å²) in [5.41, 5.74) is 2.41. The molecule has 0 bridgehead atoms. The number of rotatable bonds is 6. The number of nitrogens with zero attached hydrogens (tertiary/aromatic N) is 2. The number of hydrogen-bond acceptors (Lipinski definition) is 3. The Morgan fingerprint density at radius 2 is 2.11 bits per heavy atom. The van der Waals surface area contributed by atoms with Crippen LogP contribution in [0, 0.1) is 0 Å². The Hall–Kier alpha value is -1.42. The molecule has 1 heterocycles. The zero-order chi connectivity index (χ0) is 13.7. The first-order valence-corrected chi connectivity index (χ1v) is 7.68. The number of thioether (sulfide) groups is 1. The van der Waals surface area contributed by atoms with Gasteiger partial charge in [0.1, 0.15) is 0 Å². The monoisotopic (exact) mass is 275 g/mol. The van der Waals surface area contributed by atoms with Gasteiger partial charge in [-0.15, -0.1) is 11.8 Å². The summed E-state index contributed by atoms with van der Waals surface area (Å²) in [5.74, 6) is 1.09. The highest BCUT2D eigenvalue weighted by Crippen LogP contribution is 2.26. The van der Waals surface area contributed by atoms with Gasteiger partial charge >= 0.3 is 0 Å². The van der Waals surface area contributed by atoms with Crippen molar-refractivity contribution in [2.24, 2.45) is 0 Å². The van der Waals surface area contributed by atoms with Gasteiger partial charge in [0.15, 0.2) is 0 Å². The van der Waals surface area contributed by atoms with Crippen LogP contribution in [0.3, 0.4) is 0 Å². The molecule has 0 saturated carbocycles. The minimum absolute atomic E-state index is 0.414. The second-order valence-electron chi connectivity index (χ2n) is 4.71. The van der Waals surface area contributed by atoms with E-state index in [9.17, 15) is 0 Å². The highest BCUT2D eigenvalue weighted by molar-refractivity contribution is 7.99. The van der Waals surface area contributed by atoms with Crippen LogP contribution >= 0.6 is 11.8 Å². The summed E-state index contributed by atoms with van der Waals surface area (Å²) in [6, 6.07) is 8.86. The van der Waals surface area contributed by atoms with E-state index in [-0.39, 0.29) is 0 Å². The first kappa shape index (κ1) is 14.0. The summed E-state index contributed by atoms with van der Waals surface area (Å²) in [4.78, 5) is 1.31. The van der Waals surface area contributed by atoms with Gasteiger partial charge in [0.2, 0.25) is 0 Å². The Bertz CT molecular complexity index is 520. The van der Waals surface area contributed by atoms with E-state index in [1.54, 1.807) is 0 Å². The molecule has 19 heavy (non-hydrogen) atoms. The summed E-state index contributed by atoms with van der Waals surface area (Å²) in [5, 5.41) is 7.85. The lowest BCUT2D eigenvalue weighted by Crippen LogP contribution is -2.01. The average molecular weight is 275 g/mol. The van der Waals surface area contributed by atoms with Crippen LogP contribution in [0.5, 0.6) is 0 Å². The summed E-state index contributed by atoms with van der Waals surface area (Å²) < 4.78 is 1.99. The summed E-state index contributed by atoms with van der Waals surface area (Å²) >= 11 is 1.86. The van der Waals surface area contributed by atoms with Crippen LogP contribution < -0.4 is 5.32 Å². The van der Waals surface area contributed by atoms with Crippen LogP contribution in [0.1, 0.15) is 32.4 Å². The Kier molecular flexibility index (Phi) is 4.91. The van der Waals surface area contributed by atoms with E-state index < -0.39 is 0 Å². The lowest BCUT2D eigenvalue weighted by molar-refractivity contribution is 0.532. The maximum absolute atomic E-state index is 4.36. The van der Waals surface area contributed by atoms with Crippen molar-refractivity contribution in [1.82, 2.24) is 9.78 Å². The first-order valence-electron chi connectivity index (χ1n) is 6.69. The van der Waals surface area contributed by atoms with Crippen LogP contribution in [0.2, 0.25) is 0 Å². The van der Waals surface area contributed by atoms with Crippen LogP contribution in [0.25, 0.3) is 0 Å². The third kappa shape index (κ3) is 3.77.